The molecule has 1 fully saturated rings. The summed E-state index contributed by atoms with van der Waals surface area (Å²) in [5.74, 6) is -3.21. The van der Waals surface area contributed by atoms with Gasteiger partial charge in [-0.25, -0.2) is 4.79 Å². The number of rotatable bonds is 1. The lowest BCUT2D eigenvalue weighted by molar-refractivity contribution is -0.210. The highest BCUT2D eigenvalue weighted by Gasteiger charge is 2.48. The highest BCUT2D eigenvalue weighted by atomic mass is 19.4. The molecule has 0 bridgehead atoms. The number of hydrogen-bond acceptors (Lipinski definition) is 4. The minimum Gasteiger partial charge on any atom is -0.438 e. The lowest BCUT2D eigenvalue weighted by Gasteiger charge is -2.44. The van der Waals surface area contributed by atoms with Gasteiger partial charge in [0.05, 0.1) is 11.6 Å². The lowest BCUT2D eigenvalue weighted by atomic mass is 9.87. The van der Waals surface area contributed by atoms with E-state index >= 15 is 0 Å². The van der Waals surface area contributed by atoms with Crippen molar-refractivity contribution in [2.45, 2.75) is 31.0 Å². The number of piperazine rings is 1. The smallest absolute Gasteiger partial charge is 0.438 e. The second-order valence-corrected chi connectivity index (χ2v) is 5.88. The number of carbonyl (C=O) groups excluding carboxylic acids is 2. The second kappa shape index (κ2) is 6.15. The Labute approximate surface area is 142 Å². The maximum Gasteiger partial charge on any atom is 0.490 e. The number of ether oxygens (including phenoxy) is 1. The van der Waals surface area contributed by atoms with Crippen LogP contribution >= 0.6 is 0 Å². The molecule has 142 valence electrons. The Morgan fingerprint density at radius 3 is 2.50 bits per heavy atom. The van der Waals surface area contributed by atoms with E-state index in [-0.39, 0.29) is 30.6 Å². The van der Waals surface area contributed by atoms with Gasteiger partial charge in [-0.05, 0) is 24.1 Å². The number of fused-ring (bicyclic) bond motifs is 2. The average molecular weight is 382 g/mol. The van der Waals surface area contributed by atoms with Crippen molar-refractivity contribution in [2.75, 3.05) is 13.1 Å². The van der Waals surface area contributed by atoms with Crippen LogP contribution in [-0.2, 0) is 22.1 Å². The van der Waals surface area contributed by atoms with Crippen molar-refractivity contribution in [3.05, 3.63) is 34.9 Å². The Kier molecular flexibility index (Phi) is 4.37. The largest absolute Gasteiger partial charge is 0.490 e. The number of carbonyl (C=O) groups is 2. The van der Waals surface area contributed by atoms with Crippen LogP contribution in [0.2, 0.25) is 0 Å². The van der Waals surface area contributed by atoms with Crippen molar-refractivity contribution in [1.29, 1.82) is 0 Å². The number of benzene rings is 1. The standard InChI is InChI=1S/C15H12F6N2O3/c16-14(17,18)9-3-1-2-7-8(9)6-10-11(26-13(25)15(19,20)21)22-4-5-23(10)12(7)24/h1-3,10-11,22H,4-6H2. The molecule has 26 heavy (non-hydrogen) atoms. The van der Waals surface area contributed by atoms with Crippen LogP contribution in [0.15, 0.2) is 18.2 Å². The molecule has 0 radical (unpaired) electrons. The number of hydrogen-bond donors (Lipinski definition) is 1. The summed E-state index contributed by atoms with van der Waals surface area (Å²) < 4.78 is 81.3. The summed E-state index contributed by atoms with van der Waals surface area (Å²) in [6.07, 6.45) is -11.9. The second-order valence-electron chi connectivity index (χ2n) is 5.88. The third kappa shape index (κ3) is 3.22. The van der Waals surface area contributed by atoms with E-state index in [1.165, 1.54) is 6.07 Å². The Bertz CT molecular complexity index is 746. The first-order valence-electron chi connectivity index (χ1n) is 7.51. The summed E-state index contributed by atoms with van der Waals surface area (Å²) in [5.41, 5.74) is -1.50. The number of esters is 1. The summed E-state index contributed by atoms with van der Waals surface area (Å²) in [4.78, 5) is 24.7. The van der Waals surface area contributed by atoms with Gasteiger partial charge in [-0.2, -0.15) is 26.3 Å². The minimum atomic E-state index is -5.25. The third-order valence-corrected chi connectivity index (χ3v) is 4.30. The van der Waals surface area contributed by atoms with Crippen LogP contribution in [0.25, 0.3) is 0 Å². The molecule has 0 saturated carbocycles. The zero-order valence-corrected chi connectivity index (χ0v) is 12.9. The number of halogens is 6. The molecule has 0 aliphatic carbocycles. The summed E-state index contributed by atoms with van der Waals surface area (Å²) >= 11 is 0. The Morgan fingerprint density at radius 2 is 1.88 bits per heavy atom. The van der Waals surface area contributed by atoms with E-state index in [1.54, 1.807) is 0 Å². The number of nitrogens with zero attached hydrogens (tertiary/aromatic N) is 1. The van der Waals surface area contributed by atoms with Crippen LogP contribution in [0.3, 0.4) is 0 Å². The van der Waals surface area contributed by atoms with Crippen molar-refractivity contribution in [2.24, 2.45) is 0 Å². The number of alkyl halides is 6. The minimum absolute atomic E-state index is 0.0341. The van der Waals surface area contributed by atoms with E-state index in [2.05, 4.69) is 10.1 Å². The maximum atomic E-state index is 13.2. The molecule has 1 saturated heterocycles. The molecule has 3 rings (SSSR count). The van der Waals surface area contributed by atoms with Crippen molar-refractivity contribution in [1.82, 2.24) is 10.2 Å². The molecule has 11 heteroatoms. The molecule has 0 aromatic heterocycles. The molecule has 5 nitrogen and oxygen atoms in total. The van der Waals surface area contributed by atoms with E-state index in [0.29, 0.717) is 0 Å². The molecule has 0 spiro atoms. The van der Waals surface area contributed by atoms with Crippen LogP contribution < -0.4 is 5.32 Å². The summed E-state index contributed by atoms with van der Waals surface area (Å²) in [7, 11) is 0. The van der Waals surface area contributed by atoms with Gasteiger partial charge in [0.25, 0.3) is 5.91 Å². The van der Waals surface area contributed by atoms with Crippen LogP contribution in [0, 0.1) is 0 Å². The SMILES string of the molecule is O=C1c2cccc(C(F)(F)F)c2CC2C(OC(=O)C(F)(F)F)NCCN12. The molecule has 2 heterocycles. The maximum absolute atomic E-state index is 13.2. The highest BCUT2D eigenvalue weighted by molar-refractivity contribution is 5.97. The van der Waals surface area contributed by atoms with Crippen molar-refractivity contribution >= 4 is 11.9 Å². The Hall–Kier alpha value is -2.30. The first kappa shape index (κ1) is 18.5. The number of amides is 1. The molecule has 2 unspecified atom stereocenters. The van der Waals surface area contributed by atoms with E-state index in [0.717, 1.165) is 17.0 Å². The van der Waals surface area contributed by atoms with E-state index < -0.39 is 42.1 Å². The van der Waals surface area contributed by atoms with Crippen LogP contribution in [-0.4, -0.2) is 48.3 Å². The molecule has 2 atom stereocenters. The number of nitrogens with one attached hydrogen (secondary N) is 1. The predicted octanol–water partition coefficient (Wildman–Crippen LogP) is 2.11. The molecule has 1 amide bonds. The Morgan fingerprint density at radius 1 is 1.19 bits per heavy atom. The van der Waals surface area contributed by atoms with E-state index in [1.807, 2.05) is 0 Å². The van der Waals surface area contributed by atoms with Gasteiger partial charge in [-0.15, -0.1) is 0 Å². The molecular weight excluding hydrogens is 370 g/mol. The average Bonchev–Trinajstić information content (AvgIpc) is 2.53. The molecule has 1 aromatic carbocycles. The van der Waals surface area contributed by atoms with E-state index in [9.17, 15) is 35.9 Å². The normalized spacial score (nSPS) is 23.3. The van der Waals surface area contributed by atoms with Gasteiger partial charge >= 0.3 is 18.3 Å². The predicted molar refractivity (Wildman–Crippen MR) is 73.9 cm³/mol. The van der Waals surface area contributed by atoms with Crippen LogP contribution in [0.4, 0.5) is 26.3 Å². The first-order valence-corrected chi connectivity index (χ1v) is 7.51. The molecule has 2 aliphatic rings. The van der Waals surface area contributed by atoms with E-state index in [4.69, 9.17) is 0 Å². The summed E-state index contributed by atoms with van der Waals surface area (Å²) in [5, 5.41) is 2.51. The zero-order chi connectivity index (χ0) is 19.3. The summed E-state index contributed by atoms with van der Waals surface area (Å²) in [6.45, 7) is 0.103. The van der Waals surface area contributed by atoms with Gasteiger partial charge < -0.3 is 9.64 Å². The fraction of sp³-hybridized carbons (Fsp3) is 0.467. The summed E-state index contributed by atoms with van der Waals surface area (Å²) in [6, 6.07) is 1.97. The Balaban J connectivity index is 1.96. The zero-order valence-electron chi connectivity index (χ0n) is 12.9. The van der Waals surface area contributed by atoms with Gasteiger partial charge in [0.1, 0.15) is 0 Å². The van der Waals surface area contributed by atoms with Crippen LogP contribution in [0.5, 0.6) is 0 Å². The fourth-order valence-electron chi connectivity index (χ4n) is 3.20. The van der Waals surface area contributed by atoms with Gasteiger partial charge in [0.2, 0.25) is 0 Å². The molecular formula is C15H12F6N2O3. The lowest BCUT2D eigenvalue weighted by Crippen LogP contribution is -2.64. The van der Waals surface area contributed by atoms with Gasteiger partial charge in [-0.3, -0.25) is 10.1 Å². The highest BCUT2D eigenvalue weighted by Crippen LogP contribution is 2.38. The molecule has 1 N–H and O–H groups in total. The third-order valence-electron chi connectivity index (χ3n) is 4.30. The first-order chi connectivity index (χ1) is 12.0. The molecule has 2 aliphatic heterocycles. The van der Waals surface area contributed by atoms with Crippen molar-refractivity contribution < 1.29 is 40.7 Å². The quantitative estimate of drug-likeness (QED) is 0.597. The van der Waals surface area contributed by atoms with Crippen molar-refractivity contribution in [3.8, 4) is 0 Å². The fourth-order valence-corrected chi connectivity index (χ4v) is 3.20. The molecule has 1 aromatic rings. The van der Waals surface area contributed by atoms with Gasteiger partial charge in [-0.1, -0.05) is 6.07 Å². The van der Waals surface area contributed by atoms with Crippen LogP contribution in [0.1, 0.15) is 21.5 Å². The topological polar surface area (TPSA) is 58.6 Å². The van der Waals surface area contributed by atoms with Gasteiger partial charge in [0, 0.05) is 18.7 Å². The van der Waals surface area contributed by atoms with Gasteiger partial charge in [0.15, 0.2) is 6.23 Å². The monoisotopic (exact) mass is 382 g/mol. The van der Waals surface area contributed by atoms with Crippen molar-refractivity contribution in [3.63, 3.8) is 0 Å².